The number of amides is 1. The Hall–Kier alpha value is -1.56. The topological polar surface area (TPSA) is 46.3 Å². The molecule has 1 aliphatic rings. The normalized spacial score (nSPS) is 17.7. The van der Waals surface area contributed by atoms with Crippen molar-refractivity contribution in [1.82, 2.24) is 4.90 Å². The summed E-state index contributed by atoms with van der Waals surface area (Å²) >= 11 is 0. The molecule has 1 unspecified atom stereocenters. The Balaban J connectivity index is 2.12. The molecule has 0 saturated heterocycles. The van der Waals surface area contributed by atoms with Crippen LogP contribution in [0, 0.1) is 5.92 Å². The zero-order valence-corrected chi connectivity index (χ0v) is 14.4. The summed E-state index contributed by atoms with van der Waals surface area (Å²) < 4.78 is 38.7. The fourth-order valence-corrected chi connectivity index (χ4v) is 2.89. The molecule has 0 aromatic heterocycles. The van der Waals surface area contributed by atoms with Crippen LogP contribution in [0.3, 0.4) is 0 Å². The maximum absolute atomic E-state index is 12.9. The molecule has 0 heterocycles. The molecule has 2 N–H and O–H groups in total. The SMILES string of the molecule is CC(C)C(N)CCN(C)C(=O)C1(c2cccc(C(F)(F)F)c2)CC1. The third-order valence-electron chi connectivity index (χ3n) is 4.90. The van der Waals surface area contributed by atoms with E-state index in [1.54, 1.807) is 18.0 Å². The molecule has 3 nitrogen and oxygen atoms in total. The van der Waals surface area contributed by atoms with Gasteiger partial charge in [-0.25, -0.2) is 0 Å². The highest BCUT2D eigenvalue weighted by Crippen LogP contribution is 2.50. The first-order valence-electron chi connectivity index (χ1n) is 8.27. The molecule has 1 amide bonds. The molecule has 1 aliphatic carbocycles. The fourth-order valence-electron chi connectivity index (χ4n) is 2.89. The van der Waals surface area contributed by atoms with Crippen LogP contribution in [0.5, 0.6) is 0 Å². The van der Waals surface area contributed by atoms with Gasteiger partial charge in [-0.2, -0.15) is 13.2 Å². The maximum atomic E-state index is 12.9. The number of halogens is 3. The van der Waals surface area contributed by atoms with E-state index in [2.05, 4.69) is 0 Å². The molecule has 24 heavy (non-hydrogen) atoms. The number of nitrogens with zero attached hydrogens (tertiary/aromatic N) is 1. The summed E-state index contributed by atoms with van der Waals surface area (Å²) in [6.45, 7) is 4.56. The predicted molar refractivity (Wildman–Crippen MR) is 87.4 cm³/mol. The largest absolute Gasteiger partial charge is 0.416 e. The second-order valence-electron chi connectivity index (χ2n) is 7.08. The van der Waals surface area contributed by atoms with Crippen LogP contribution in [0.2, 0.25) is 0 Å². The second-order valence-corrected chi connectivity index (χ2v) is 7.08. The smallest absolute Gasteiger partial charge is 0.345 e. The Morgan fingerprint density at radius 2 is 1.96 bits per heavy atom. The standard InChI is InChI=1S/C18H25F3N2O/c1-12(2)15(22)7-10-23(3)16(24)17(8-9-17)13-5-4-6-14(11-13)18(19,20)21/h4-6,11-12,15H,7-10,22H2,1-3H3. The molecule has 6 heteroatoms. The van der Waals surface area contributed by atoms with Crippen molar-refractivity contribution in [3.05, 3.63) is 35.4 Å². The van der Waals surface area contributed by atoms with Gasteiger partial charge in [-0.15, -0.1) is 0 Å². The monoisotopic (exact) mass is 342 g/mol. The van der Waals surface area contributed by atoms with Crippen LogP contribution >= 0.6 is 0 Å². The highest BCUT2D eigenvalue weighted by molar-refractivity contribution is 5.91. The van der Waals surface area contributed by atoms with E-state index in [-0.39, 0.29) is 11.9 Å². The lowest BCUT2D eigenvalue weighted by Crippen LogP contribution is -2.40. The van der Waals surface area contributed by atoms with E-state index in [0.29, 0.717) is 37.3 Å². The van der Waals surface area contributed by atoms with Gasteiger partial charge < -0.3 is 10.6 Å². The van der Waals surface area contributed by atoms with Crippen molar-refractivity contribution in [3.8, 4) is 0 Å². The highest BCUT2D eigenvalue weighted by atomic mass is 19.4. The summed E-state index contributed by atoms with van der Waals surface area (Å²) in [4.78, 5) is 14.4. The molecule has 1 atom stereocenters. The van der Waals surface area contributed by atoms with Crippen LogP contribution in [-0.2, 0) is 16.4 Å². The number of hydrogen-bond donors (Lipinski definition) is 1. The molecular formula is C18H25F3N2O. The number of likely N-dealkylation sites (N-methyl/N-ethyl adjacent to an activating group) is 1. The molecule has 0 aliphatic heterocycles. The number of nitrogens with two attached hydrogens (primary N) is 1. The van der Waals surface area contributed by atoms with Crippen molar-refractivity contribution >= 4 is 5.91 Å². The molecule has 0 spiro atoms. The van der Waals surface area contributed by atoms with E-state index in [4.69, 9.17) is 5.73 Å². The van der Waals surface area contributed by atoms with Gasteiger partial charge in [0.05, 0.1) is 11.0 Å². The Morgan fingerprint density at radius 1 is 1.33 bits per heavy atom. The highest BCUT2D eigenvalue weighted by Gasteiger charge is 2.52. The van der Waals surface area contributed by atoms with Gasteiger partial charge in [-0.3, -0.25) is 4.79 Å². The average Bonchev–Trinajstić information content (AvgIpc) is 3.32. The van der Waals surface area contributed by atoms with Crippen LogP contribution in [-0.4, -0.2) is 30.4 Å². The Kier molecular flexibility index (Phi) is 5.28. The molecule has 0 bridgehead atoms. The summed E-state index contributed by atoms with van der Waals surface area (Å²) in [5, 5.41) is 0. The third kappa shape index (κ3) is 3.91. The summed E-state index contributed by atoms with van der Waals surface area (Å²) in [6, 6.07) is 5.14. The van der Waals surface area contributed by atoms with Gasteiger partial charge in [0.25, 0.3) is 0 Å². The average molecular weight is 342 g/mol. The van der Waals surface area contributed by atoms with Crippen LogP contribution in [0.1, 0.15) is 44.2 Å². The molecule has 1 aromatic carbocycles. The zero-order valence-electron chi connectivity index (χ0n) is 14.4. The summed E-state index contributed by atoms with van der Waals surface area (Å²) in [5.41, 5.74) is 4.97. The van der Waals surface area contributed by atoms with E-state index < -0.39 is 17.2 Å². The van der Waals surface area contributed by atoms with E-state index in [1.165, 1.54) is 6.07 Å². The number of carbonyl (C=O) groups excluding carboxylic acids is 1. The lowest BCUT2D eigenvalue weighted by molar-refractivity contribution is -0.138. The predicted octanol–water partition coefficient (Wildman–Crippen LogP) is 3.57. The van der Waals surface area contributed by atoms with Crippen molar-refractivity contribution in [2.24, 2.45) is 11.7 Å². The zero-order chi connectivity index (χ0) is 18.1. The van der Waals surface area contributed by atoms with Crippen molar-refractivity contribution in [2.75, 3.05) is 13.6 Å². The van der Waals surface area contributed by atoms with Gasteiger partial charge in [0.2, 0.25) is 5.91 Å². The third-order valence-corrected chi connectivity index (χ3v) is 4.90. The van der Waals surface area contributed by atoms with Gasteiger partial charge in [-0.05, 0) is 36.8 Å². The lowest BCUT2D eigenvalue weighted by Gasteiger charge is -2.26. The minimum atomic E-state index is -4.40. The van der Waals surface area contributed by atoms with Gasteiger partial charge in [0, 0.05) is 19.6 Å². The molecule has 1 saturated carbocycles. The summed E-state index contributed by atoms with van der Waals surface area (Å²) in [5.74, 6) is 0.213. The lowest BCUT2D eigenvalue weighted by atomic mass is 9.92. The van der Waals surface area contributed by atoms with Crippen molar-refractivity contribution in [3.63, 3.8) is 0 Å². The Labute approximate surface area is 141 Å². The molecule has 0 radical (unpaired) electrons. The van der Waals surface area contributed by atoms with Gasteiger partial charge in [-0.1, -0.05) is 32.0 Å². The van der Waals surface area contributed by atoms with Crippen LogP contribution in [0.4, 0.5) is 13.2 Å². The van der Waals surface area contributed by atoms with Crippen molar-refractivity contribution < 1.29 is 18.0 Å². The minimum absolute atomic E-state index is 0.00367. The quantitative estimate of drug-likeness (QED) is 0.859. The minimum Gasteiger partial charge on any atom is -0.345 e. The van der Waals surface area contributed by atoms with Gasteiger partial charge in [0.1, 0.15) is 0 Å². The number of rotatable bonds is 6. The number of carbonyl (C=O) groups is 1. The Bertz CT molecular complexity index is 594. The Morgan fingerprint density at radius 3 is 2.46 bits per heavy atom. The number of hydrogen-bond acceptors (Lipinski definition) is 2. The van der Waals surface area contributed by atoms with Crippen molar-refractivity contribution in [1.29, 1.82) is 0 Å². The van der Waals surface area contributed by atoms with Crippen LogP contribution < -0.4 is 5.73 Å². The van der Waals surface area contributed by atoms with Crippen LogP contribution in [0.25, 0.3) is 0 Å². The number of alkyl halides is 3. The first kappa shape index (κ1) is 18.8. The van der Waals surface area contributed by atoms with E-state index in [1.807, 2.05) is 13.8 Å². The fraction of sp³-hybridized carbons (Fsp3) is 0.611. The van der Waals surface area contributed by atoms with Crippen molar-refractivity contribution in [2.45, 2.75) is 50.7 Å². The van der Waals surface area contributed by atoms with E-state index in [9.17, 15) is 18.0 Å². The van der Waals surface area contributed by atoms with Gasteiger partial charge >= 0.3 is 6.18 Å². The van der Waals surface area contributed by atoms with Gasteiger partial charge in [0.15, 0.2) is 0 Å². The number of benzene rings is 1. The van der Waals surface area contributed by atoms with Crippen LogP contribution in [0.15, 0.2) is 24.3 Å². The molecule has 2 rings (SSSR count). The molecule has 1 aromatic rings. The molecule has 134 valence electrons. The second kappa shape index (κ2) is 6.75. The first-order chi connectivity index (χ1) is 11.1. The molecule has 1 fully saturated rings. The first-order valence-corrected chi connectivity index (χ1v) is 8.27. The molecular weight excluding hydrogens is 317 g/mol. The summed E-state index contributed by atoms with van der Waals surface area (Å²) in [7, 11) is 1.70. The van der Waals surface area contributed by atoms with E-state index in [0.717, 1.165) is 12.1 Å². The maximum Gasteiger partial charge on any atom is 0.416 e. The van der Waals surface area contributed by atoms with E-state index >= 15 is 0 Å². The summed E-state index contributed by atoms with van der Waals surface area (Å²) in [6.07, 6.45) is -2.54.